The third kappa shape index (κ3) is 1.92. The van der Waals surface area contributed by atoms with Gasteiger partial charge in [0.25, 0.3) is 0 Å². The zero-order chi connectivity index (χ0) is 11.8. The van der Waals surface area contributed by atoms with Crippen LogP contribution in [0.2, 0.25) is 5.02 Å². The molecular formula is C12H12ClFO2. The number of esters is 1. The highest BCUT2D eigenvalue weighted by Crippen LogP contribution is 2.56. The first kappa shape index (κ1) is 11.4. The van der Waals surface area contributed by atoms with Crippen LogP contribution in [0.25, 0.3) is 0 Å². The Bertz CT molecular complexity index is 404. The number of hydrogen-bond acceptors (Lipinski definition) is 2. The van der Waals surface area contributed by atoms with Gasteiger partial charge in [0.05, 0.1) is 12.5 Å². The summed E-state index contributed by atoms with van der Waals surface area (Å²) in [5.74, 6) is -1.12. The van der Waals surface area contributed by atoms with Crippen LogP contribution in [0, 0.1) is 5.92 Å². The lowest BCUT2D eigenvalue weighted by atomic mass is 10.1. The Hall–Kier alpha value is -1.09. The van der Waals surface area contributed by atoms with E-state index in [-0.39, 0.29) is 13.0 Å². The summed E-state index contributed by atoms with van der Waals surface area (Å²) in [6.07, 6.45) is 0.202. The summed E-state index contributed by atoms with van der Waals surface area (Å²) < 4.78 is 19.1. The van der Waals surface area contributed by atoms with E-state index in [1.807, 2.05) is 0 Å². The SMILES string of the molecule is CCOC(=O)[C@H]1C[C@]1(F)c1ccc(Cl)cc1. The number of rotatable bonds is 3. The van der Waals surface area contributed by atoms with E-state index in [2.05, 4.69) is 0 Å². The number of benzene rings is 1. The van der Waals surface area contributed by atoms with Crippen molar-refractivity contribution in [3.8, 4) is 0 Å². The number of carbonyl (C=O) groups excluding carboxylic acids is 1. The Morgan fingerprint density at radius 2 is 2.19 bits per heavy atom. The summed E-state index contributed by atoms with van der Waals surface area (Å²) in [7, 11) is 0. The molecule has 0 amide bonds. The van der Waals surface area contributed by atoms with Crippen LogP contribution in [0.15, 0.2) is 24.3 Å². The average Bonchev–Trinajstić information content (AvgIpc) is 2.93. The molecule has 2 nitrogen and oxygen atoms in total. The maximum absolute atomic E-state index is 14.3. The maximum Gasteiger partial charge on any atom is 0.312 e. The fraction of sp³-hybridized carbons (Fsp3) is 0.417. The van der Waals surface area contributed by atoms with Crippen LogP contribution in [0.5, 0.6) is 0 Å². The Morgan fingerprint density at radius 1 is 1.56 bits per heavy atom. The van der Waals surface area contributed by atoms with Crippen molar-refractivity contribution in [2.45, 2.75) is 19.0 Å². The Kier molecular flexibility index (Phi) is 2.89. The van der Waals surface area contributed by atoms with Gasteiger partial charge < -0.3 is 4.74 Å². The van der Waals surface area contributed by atoms with Crippen LogP contribution >= 0.6 is 11.6 Å². The highest BCUT2D eigenvalue weighted by atomic mass is 35.5. The molecule has 1 aromatic rings. The largest absolute Gasteiger partial charge is 0.466 e. The van der Waals surface area contributed by atoms with E-state index in [1.165, 1.54) is 0 Å². The van der Waals surface area contributed by atoms with Gasteiger partial charge >= 0.3 is 5.97 Å². The summed E-state index contributed by atoms with van der Waals surface area (Å²) >= 11 is 5.72. The Balaban J connectivity index is 2.12. The first-order chi connectivity index (χ1) is 7.58. The van der Waals surface area contributed by atoms with E-state index in [4.69, 9.17) is 16.3 Å². The van der Waals surface area contributed by atoms with E-state index in [1.54, 1.807) is 31.2 Å². The van der Waals surface area contributed by atoms with Crippen molar-refractivity contribution in [2.24, 2.45) is 5.92 Å². The maximum atomic E-state index is 14.3. The topological polar surface area (TPSA) is 26.3 Å². The number of halogens is 2. The van der Waals surface area contributed by atoms with Crippen molar-refractivity contribution < 1.29 is 13.9 Å². The van der Waals surface area contributed by atoms with Gasteiger partial charge in [-0.15, -0.1) is 0 Å². The summed E-state index contributed by atoms with van der Waals surface area (Å²) in [5.41, 5.74) is -1.06. The van der Waals surface area contributed by atoms with Gasteiger partial charge in [0.2, 0.25) is 0 Å². The number of hydrogen-bond donors (Lipinski definition) is 0. The molecule has 2 rings (SSSR count). The second-order valence-corrected chi connectivity index (χ2v) is 4.31. The predicted molar refractivity (Wildman–Crippen MR) is 59.0 cm³/mol. The van der Waals surface area contributed by atoms with Crippen molar-refractivity contribution in [3.63, 3.8) is 0 Å². The summed E-state index contributed by atoms with van der Waals surface area (Å²) in [6.45, 7) is 1.99. The molecule has 2 atom stereocenters. The van der Waals surface area contributed by atoms with Crippen molar-refractivity contribution >= 4 is 17.6 Å². The standard InChI is InChI=1S/C12H12ClFO2/c1-2-16-11(15)10-7-12(10,14)8-3-5-9(13)6-4-8/h3-6,10H,2,7H2,1H3/t10-,12+/m1/s1. The number of ether oxygens (including phenoxy) is 1. The van der Waals surface area contributed by atoms with Gasteiger partial charge in [0, 0.05) is 11.4 Å². The zero-order valence-corrected chi connectivity index (χ0v) is 9.63. The van der Waals surface area contributed by atoms with Gasteiger partial charge in [0.15, 0.2) is 0 Å². The summed E-state index contributed by atoms with van der Waals surface area (Å²) in [6, 6.07) is 6.47. The molecular weight excluding hydrogens is 231 g/mol. The summed E-state index contributed by atoms with van der Waals surface area (Å²) in [5, 5.41) is 0.556. The third-order valence-electron chi connectivity index (χ3n) is 2.79. The fourth-order valence-corrected chi connectivity index (χ4v) is 1.92. The molecule has 1 aliphatic carbocycles. The van der Waals surface area contributed by atoms with Crippen molar-refractivity contribution in [3.05, 3.63) is 34.9 Å². The fourth-order valence-electron chi connectivity index (χ4n) is 1.80. The molecule has 1 saturated carbocycles. The van der Waals surface area contributed by atoms with E-state index >= 15 is 0 Å². The molecule has 1 aromatic carbocycles. The molecule has 1 aliphatic rings. The Morgan fingerprint density at radius 3 is 2.75 bits per heavy atom. The molecule has 0 aromatic heterocycles. The van der Waals surface area contributed by atoms with Gasteiger partial charge in [-0.2, -0.15) is 0 Å². The van der Waals surface area contributed by atoms with Crippen molar-refractivity contribution in [2.75, 3.05) is 6.61 Å². The first-order valence-corrected chi connectivity index (χ1v) is 5.57. The molecule has 0 unspecified atom stereocenters. The molecule has 0 spiro atoms. The second-order valence-electron chi connectivity index (χ2n) is 3.88. The molecule has 1 fully saturated rings. The molecule has 16 heavy (non-hydrogen) atoms. The smallest absolute Gasteiger partial charge is 0.312 e. The molecule has 0 saturated heterocycles. The molecule has 0 N–H and O–H groups in total. The predicted octanol–water partition coefficient (Wildman–Crippen LogP) is 3.09. The summed E-state index contributed by atoms with van der Waals surface area (Å²) in [4.78, 5) is 11.4. The number of carbonyl (C=O) groups is 1. The van der Waals surface area contributed by atoms with Crippen molar-refractivity contribution in [1.82, 2.24) is 0 Å². The van der Waals surface area contributed by atoms with Crippen LogP contribution in [0.3, 0.4) is 0 Å². The van der Waals surface area contributed by atoms with Crippen LogP contribution in [-0.2, 0) is 15.2 Å². The minimum absolute atomic E-state index is 0.202. The third-order valence-corrected chi connectivity index (χ3v) is 3.04. The van der Waals surface area contributed by atoms with Gasteiger partial charge in [-0.05, 0) is 24.6 Å². The lowest BCUT2D eigenvalue weighted by Crippen LogP contribution is -2.13. The average molecular weight is 243 g/mol. The monoisotopic (exact) mass is 242 g/mol. The minimum Gasteiger partial charge on any atom is -0.466 e. The lowest BCUT2D eigenvalue weighted by molar-refractivity contribution is -0.145. The van der Waals surface area contributed by atoms with Gasteiger partial charge in [0.1, 0.15) is 5.67 Å². The first-order valence-electron chi connectivity index (χ1n) is 5.19. The van der Waals surface area contributed by atoms with Crippen LogP contribution in [0.1, 0.15) is 18.9 Å². The van der Waals surface area contributed by atoms with Crippen LogP contribution < -0.4 is 0 Å². The van der Waals surface area contributed by atoms with E-state index < -0.39 is 17.6 Å². The van der Waals surface area contributed by atoms with Gasteiger partial charge in [-0.25, -0.2) is 4.39 Å². The molecule has 0 radical (unpaired) electrons. The van der Waals surface area contributed by atoms with Crippen LogP contribution in [-0.4, -0.2) is 12.6 Å². The second kappa shape index (κ2) is 4.06. The normalized spacial score (nSPS) is 27.6. The highest BCUT2D eigenvalue weighted by molar-refractivity contribution is 6.30. The molecule has 0 bridgehead atoms. The quantitative estimate of drug-likeness (QED) is 0.762. The molecule has 0 heterocycles. The molecule has 86 valence electrons. The van der Waals surface area contributed by atoms with Crippen LogP contribution in [0.4, 0.5) is 4.39 Å². The lowest BCUT2D eigenvalue weighted by Gasteiger charge is -2.07. The van der Waals surface area contributed by atoms with E-state index in [9.17, 15) is 9.18 Å². The van der Waals surface area contributed by atoms with Crippen molar-refractivity contribution in [1.29, 1.82) is 0 Å². The molecule has 0 aliphatic heterocycles. The number of alkyl halides is 1. The Labute approximate surface area is 98.4 Å². The van der Waals surface area contributed by atoms with E-state index in [0.717, 1.165) is 0 Å². The minimum atomic E-state index is -1.56. The zero-order valence-electron chi connectivity index (χ0n) is 8.87. The van der Waals surface area contributed by atoms with E-state index in [0.29, 0.717) is 10.6 Å². The van der Waals surface area contributed by atoms with Gasteiger partial charge in [-0.1, -0.05) is 23.7 Å². The highest BCUT2D eigenvalue weighted by Gasteiger charge is 2.61. The molecule has 4 heteroatoms. The van der Waals surface area contributed by atoms with Gasteiger partial charge in [-0.3, -0.25) is 4.79 Å².